The Kier molecular flexibility index (Phi) is 12.1. The quantitative estimate of drug-likeness (QED) is 0.0874. The second-order valence-electron chi connectivity index (χ2n) is 21.2. The molecule has 12 rings (SSSR count). The first-order valence-corrected chi connectivity index (χ1v) is 25.9. The number of halogens is 1. The summed E-state index contributed by atoms with van der Waals surface area (Å²) in [5, 5.41) is 7.00. The number of fused-ring (bicyclic) bond motifs is 4. The Hall–Kier alpha value is -7.75. The summed E-state index contributed by atoms with van der Waals surface area (Å²) >= 11 is 0. The maximum absolute atomic E-state index is 17.2. The molecule has 1 aliphatic carbocycles. The molecule has 0 spiro atoms. The lowest BCUT2D eigenvalue weighted by molar-refractivity contribution is 0.0206. The van der Waals surface area contributed by atoms with Crippen molar-refractivity contribution in [2.45, 2.75) is 102 Å². The van der Waals surface area contributed by atoms with Crippen LogP contribution in [0.15, 0.2) is 134 Å². The number of carbonyl (C=O) groups is 1. The van der Waals surface area contributed by atoms with Gasteiger partial charge in [-0.1, -0.05) is 109 Å². The predicted molar refractivity (Wildman–Crippen MR) is 285 cm³/mol. The largest absolute Gasteiger partial charge is 0.486 e. The first-order chi connectivity index (χ1) is 36.0. The molecule has 8 aromatic rings. The number of rotatable bonds is 12. The van der Waals surface area contributed by atoms with E-state index >= 15 is 4.39 Å². The van der Waals surface area contributed by atoms with E-state index in [1.807, 2.05) is 79.7 Å². The lowest BCUT2D eigenvalue weighted by Gasteiger charge is -2.36. The number of ether oxygens (including phenoxy) is 4. The van der Waals surface area contributed by atoms with Crippen LogP contribution in [-0.2, 0) is 21.6 Å². The molecule has 12 heteroatoms. The van der Waals surface area contributed by atoms with E-state index in [1.54, 1.807) is 6.07 Å². The van der Waals surface area contributed by atoms with E-state index in [1.165, 1.54) is 0 Å². The maximum Gasteiger partial charge on any atom is 0.410 e. The number of aromatic nitrogens is 4. The summed E-state index contributed by atoms with van der Waals surface area (Å²) in [4.78, 5) is 28.4. The highest BCUT2D eigenvalue weighted by molar-refractivity contribution is 6.06. The van der Waals surface area contributed by atoms with Crippen molar-refractivity contribution in [3.8, 4) is 35.2 Å². The van der Waals surface area contributed by atoms with Gasteiger partial charge in [0, 0.05) is 65.7 Å². The van der Waals surface area contributed by atoms with E-state index in [2.05, 4.69) is 95.9 Å². The van der Waals surface area contributed by atoms with Gasteiger partial charge in [0.2, 0.25) is 0 Å². The molecule has 4 fully saturated rings. The Morgan fingerprint density at radius 3 is 2.03 bits per heavy atom. The van der Waals surface area contributed by atoms with Crippen molar-refractivity contribution >= 4 is 33.7 Å². The van der Waals surface area contributed by atoms with Crippen molar-refractivity contribution in [3.05, 3.63) is 178 Å². The van der Waals surface area contributed by atoms with Gasteiger partial charge in [-0.3, -0.25) is 4.68 Å². The summed E-state index contributed by atoms with van der Waals surface area (Å²) < 4.78 is 44.9. The molecule has 2 atom stereocenters. The number of piperazine rings is 1. The summed E-state index contributed by atoms with van der Waals surface area (Å²) in [6, 6.07) is 42.9. The third-order valence-corrected chi connectivity index (χ3v) is 15.2. The van der Waals surface area contributed by atoms with Gasteiger partial charge in [0.15, 0.2) is 5.75 Å². The molecule has 1 saturated carbocycles. The number of carbonyl (C=O) groups excluding carboxylic acids is 1. The van der Waals surface area contributed by atoms with Crippen LogP contribution in [0.5, 0.6) is 11.8 Å². The van der Waals surface area contributed by atoms with E-state index in [0.717, 1.165) is 74.8 Å². The second kappa shape index (κ2) is 18.9. The normalized spacial score (nSPS) is 18.0. The molecule has 6 aromatic carbocycles. The molecular formula is C62H59FN6O5. The number of amides is 1. The van der Waals surface area contributed by atoms with E-state index in [0.29, 0.717) is 67.1 Å². The molecule has 3 saturated heterocycles. The van der Waals surface area contributed by atoms with Crippen LogP contribution in [0.25, 0.3) is 32.9 Å². The van der Waals surface area contributed by atoms with Crippen molar-refractivity contribution in [3.63, 3.8) is 0 Å². The fraction of sp³-hybridized carbons (Fsp3) is 0.323. The van der Waals surface area contributed by atoms with Gasteiger partial charge in [-0.2, -0.15) is 15.1 Å². The van der Waals surface area contributed by atoms with Crippen molar-refractivity contribution in [2.75, 3.05) is 31.2 Å². The Morgan fingerprint density at radius 2 is 1.45 bits per heavy atom. The van der Waals surface area contributed by atoms with Crippen molar-refractivity contribution in [1.82, 2.24) is 24.6 Å². The zero-order valence-corrected chi connectivity index (χ0v) is 42.3. The van der Waals surface area contributed by atoms with Crippen LogP contribution in [0.1, 0.15) is 97.7 Å². The maximum atomic E-state index is 17.2. The summed E-state index contributed by atoms with van der Waals surface area (Å²) in [6.07, 6.45) is 11.5. The number of hydrogen-bond acceptors (Lipinski definition) is 9. The van der Waals surface area contributed by atoms with Crippen molar-refractivity contribution < 1.29 is 28.1 Å². The molecule has 3 aliphatic heterocycles. The topological polar surface area (TPSA) is 104 Å². The highest BCUT2D eigenvalue weighted by Gasteiger charge is 2.48. The Bertz CT molecular complexity index is 3340. The smallest absolute Gasteiger partial charge is 0.410 e. The summed E-state index contributed by atoms with van der Waals surface area (Å²) in [5.74, 6) is 3.73. The zero-order chi connectivity index (χ0) is 50.7. The van der Waals surface area contributed by atoms with E-state index in [-0.39, 0.29) is 48.6 Å². The molecule has 0 N–H and O–H groups in total. The number of nitrogens with zero attached hydrogens (tertiary/aromatic N) is 6. The fourth-order valence-corrected chi connectivity index (χ4v) is 11.5. The molecule has 2 bridgehead atoms. The van der Waals surface area contributed by atoms with Crippen LogP contribution >= 0.6 is 0 Å². The number of likely N-dealkylation sites (tertiary alicyclic amines) is 1. The van der Waals surface area contributed by atoms with E-state index in [9.17, 15) is 4.79 Å². The monoisotopic (exact) mass is 986 g/mol. The molecule has 4 aliphatic rings. The van der Waals surface area contributed by atoms with E-state index < -0.39 is 11.1 Å². The van der Waals surface area contributed by atoms with Gasteiger partial charge in [-0.05, 0) is 104 Å². The van der Waals surface area contributed by atoms with Gasteiger partial charge in [-0.25, -0.2) is 9.18 Å². The molecule has 1 amide bonds. The molecule has 5 heterocycles. The molecular weight excluding hydrogens is 928 g/mol. The second-order valence-corrected chi connectivity index (χ2v) is 21.2. The lowest BCUT2D eigenvalue weighted by Crippen LogP contribution is -2.50. The van der Waals surface area contributed by atoms with Gasteiger partial charge in [-0.15, -0.1) is 6.42 Å². The number of hydrogen-bond donors (Lipinski definition) is 0. The number of terminal acetylenes is 1. The van der Waals surface area contributed by atoms with Gasteiger partial charge in [0.1, 0.15) is 41.0 Å². The van der Waals surface area contributed by atoms with Crippen molar-refractivity contribution in [1.29, 1.82) is 0 Å². The third-order valence-electron chi connectivity index (χ3n) is 15.2. The average molecular weight is 987 g/mol. The van der Waals surface area contributed by atoms with Gasteiger partial charge in [0.05, 0.1) is 30.8 Å². The lowest BCUT2D eigenvalue weighted by atomic mass is 9.77. The Labute approximate surface area is 431 Å². The van der Waals surface area contributed by atoms with Crippen molar-refractivity contribution in [2.24, 2.45) is 0 Å². The Morgan fingerprint density at radius 1 is 0.797 bits per heavy atom. The molecule has 0 radical (unpaired) electrons. The first-order valence-electron chi connectivity index (χ1n) is 25.9. The van der Waals surface area contributed by atoms with Crippen LogP contribution in [0.2, 0.25) is 0 Å². The SMILES string of the molecule is C#Cc1ccc(COc2c(-c3c(C)c(F)cc4nn(C(c5ccccc5)(c5ccccc5)c5ccccc5)cc34)c(C3CC3)cc3c(N4C[C@@H]5C[C@H]4CN5C(=O)OC(C)(C)C)nc(OC4CCOCC4)nc23)cc1. The molecule has 0 unspecified atom stereocenters. The average Bonchev–Trinajstić information content (AvgIpc) is 3.87. The predicted octanol–water partition coefficient (Wildman–Crippen LogP) is 12.1. The minimum atomic E-state index is -0.955. The first kappa shape index (κ1) is 47.3. The molecule has 374 valence electrons. The Balaban J connectivity index is 1.11. The molecule has 2 aromatic heterocycles. The fourth-order valence-electron chi connectivity index (χ4n) is 11.5. The van der Waals surface area contributed by atoms with Gasteiger partial charge < -0.3 is 28.7 Å². The van der Waals surface area contributed by atoms with Gasteiger partial charge in [0.25, 0.3) is 0 Å². The summed E-state index contributed by atoms with van der Waals surface area (Å²) in [5.41, 5.74) is 7.11. The highest BCUT2D eigenvalue weighted by atomic mass is 19.1. The molecule has 11 nitrogen and oxygen atoms in total. The van der Waals surface area contributed by atoms with Crippen LogP contribution < -0.4 is 14.4 Å². The van der Waals surface area contributed by atoms with E-state index in [4.69, 9.17) is 40.4 Å². The van der Waals surface area contributed by atoms with Crippen LogP contribution in [0.4, 0.5) is 15.0 Å². The number of anilines is 1. The number of benzene rings is 6. The minimum absolute atomic E-state index is 0.0281. The summed E-state index contributed by atoms with van der Waals surface area (Å²) in [6.45, 7) is 9.91. The molecule has 74 heavy (non-hydrogen) atoms. The van der Waals surface area contributed by atoms with Crippen LogP contribution in [0, 0.1) is 25.1 Å². The summed E-state index contributed by atoms with van der Waals surface area (Å²) in [7, 11) is 0. The van der Waals surface area contributed by atoms with Crippen LogP contribution in [-0.4, -0.2) is 80.8 Å². The van der Waals surface area contributed by atoms with Gasteiger partial charge >= 0.3 is 12.1 Å². The minimum Gasteiger partial charge on any atom is -0.486 e. The highest BCUT2D eigenvalue weighted by Crippen LogP contribution is 2.54. The zero-order valence-electron chi connectivity index (χ0n) is 42.3. The standard InChI is InChI=1S/C62H59FN6O5/c1-6-40-22-24-41(25-23-40)38-72-57-55(54-39(2)52(63)34-53-51(54)37-69(66-53)62(43-16-10-7-11-17-43,44-18-12-8-13-19-44)45-20-14-9-15-21-45)49(42-26-27-42)33-50-56(57)64-59(73-48-28-30-71-31-29-48)65-58(50)67-35-47-32-46(67)36-68(47)60(70)74-61(3,4)5/h1,7-25,33-34,37,42,46-48H,26-32,35-36,38H2,2-5H3/t46-,47-/m0/s1. The van der Waals surface area contributed by atoms with Crippen LogP contribution in [0.3, 0.4) is 0 Å². The third kappa shape index (κ3) is 8.56.